The number of hydrogen-bond donors (Lipinski definition) is 3. The van der Waals surface area contributed by atoms with Crippen LogP contribution in [0.4, 0.5) is 0 Å². The van der Waals surface area contributed by atoms with Gasteiger partial charge in [0.15, 0.2) is 0 Å². The highest BCUT2D eigenvalue weighted by Crippen LogP contribution is 2.38. The second-order valence-electron chi connectivity index (χ2n) is 4.52. The molecule has 17 heavy (non-hydrogen) atoms. The van der Waals surface area contributed by atoms with Gasteiger partial charge in [-0.15, -0.1) is 0 Å². The van der Waals surface area contributed by atoms with Gasteiger partial charge in [-0.3, -0.25) is 4.79 Å². The number of carboxylic acids is 1. The van der Waals surface area contributed by atoms with Crippen LogP contribution in [0.15, 0.2) is 0 Å². The number of carbonyl (C=O) groups is 1. The van der Waals surface area contributed by atoms with E-state index in [0.717, 1.165) is 37.2 Å². The van der Waals surface area contributed by atoms with Crippen molar-refractivity contribution in [2.75, 3.05) is 24.7 Å². The maximum absolute atomic E-state index is 11.5. The molecule has 100 valence electrons. The fraction of sp³-hybridized carbons (Fsp3) is 0.917. The van der Waals surface area contributed by atoms with Crippen LogP contribution in [-0.2, 0) is 4.79 Å². The molecule has 4 nitrogen and oxygen atoms in total. The van der Waals surface area contributed by atoms with Crippen molar-refractivity contribution in [1.29, 1.82) is 0 Å². The van der Waals surface area contributed by atoms with Gasteiger partial charge < -0.3 is 15.5 Å². The minimum Gasteiger partial charge on any atom is -0.480 e. The van der Waals surface area contributed by atoms with Crippen LogP contribution in [0, 0.1) is 5.92 Å². The van der Waals surface area contributed by atoms with E-state index in [1.807, 2.05) is 6.92 Å². The van der Waals surface area contributed by atoms with E-state index < -0.39 is 11.5 Å². The maximum Gasteiger partial charge on any atom is 0.324 e. The number of aliphatic hydroxyl groups is 1. The third kappa shape index (κ3) is 3.60. The molecule has 0 aromatic heterocycles. The first-order chi connectivity index (χ1) is 8.17. The Hall–Kier alpha value is -0.260. The molecule has 0 aromatic rings. The molecule has 0 spiro atoms. The Morgan fingerprint density at radius 2 is 2.29 bits per heavy atom. The van der Waals surface area contributed by atoms with Gasteiger partial charge in [0, 0.05) is 5.75 Å². The van der Waals surface area contributed by atoms with Crippen LogP contribution in [0.3, 0.4) is 0 Å². The van der Waals surface area contributed by atoms with Crippen molar-refractivity contribution >= 4 is 17.7 Å². The second kappa shape index (κ2) is 7.24. The number of carboxylic acid groups (broad SMARTS) is 1. The average Bonchev–Trinajstić information content (AvgIpc) is 2.70. The predicted molar refractivity (Wildman–Crippen MR) is 70.4 cm³/mol. The van der Waals surface area contributed by atoms with Crippen molar-refractivity contribution in [2.24, 2.45) is 5.92 Å². The molecule has 0 bridgehead atoms. The Labute approximate surface area is 107 Å². The van der Waals surface area contributed by atoms with Gasteiger partial charge in [-0.2, -0.15) is 11.8 Å². The quantitative estimate of drug-likeness (QED) is 0.575. The van der Waals surface area contributed by atoms with Crippen LogP contribution in [0.25, 0.3) is 0 Å². The maximum atomic E-state index is 11.5. The van der Waals surface area contributed by atoms with E-state index in [4.69, 9.17) is 5.11 Å². The fourth-order valence-corrected chi connectivity index (χ4v) is 3.55. The summed E-state index contributed by atoms with van der Waals surface area (Å²) in [4.78, 5) is 11.5. The largest absolute Gasteiger partial charge is 0.480 e. The molecule has 1 aliphatic carbocycles. The second-order valence-corrected chi connectivity index (χ2v) is 5.75. The topological polar surface area (TPSA) is 69.6 Å². The molecule has 1 fully saturated rings. The first kappa shape index (κ1) is 14.8. The highest BCUT2D eigenvalue weighted by molar-refractivity contribution is 7.99. The minimum atomic E-state index is -0.700. The van der Waals surface area contributed by atoms with Gasteiger partial charge in [0.05, 0.1) is 6.61 Å². The molecule has 0 aliphatic heterocycles. The molecule has 5 heteroatoms. The van der Waals surface area contributed by atoms with Crippen molar-refractivity contribution in [3.8, 4) is 0 Å². The molecule has 0 saturated heterocycles. The van der Waals surface area contributed by atoms with E-state index >= 15 is 0 Å². The summed E-state index contributed by atoms with van der Waals surface area (Å²) < 4.78 is 0. The van der Waals surface area contributed by atoms with Crippen LogP contribution in [0.1, 0.15) is 32.6 Å². The number of hydrogen-bond acceptors (Lipinski definition) is 4. The Balaban J connectivity index is 2.53. The van der Waals surface area contributed by atoms with Gasteiger partial charge in [0.1, 0.15) is 5.54 Å². The Bertz CT molecular complexity index is 250. The molecule has 2 atom stereocenters. The molecule has 1 aliphatic rings. The summed E-state index contributed by atoms with van der Waals surface area (Å²) in [5.41, 5.74) is -0.700. The first-order valence-electron chi connectivity index (χ1n) is 6.34. The molecule has 2 unspecified atom stereocenters. The monoisotopic (exact) mass is 261 g/mol. The third-order valence-electron chi connectivity index (χ3n) is 3.54. The number of rotatable bonds is 8. The molecule has 0 amide bonds. The van der Waals surface area contributed by atoms with Crippen LogP contribution in [-0.4, -0.2) is 46.4 Å². The zero-order chi connectivity index (χ0) is 12.7. The normalized spacial score (nSPS) is 28.5. The van der Waals surface area contributed by atoms with E-state index in [1.54, 1.807) is 11.8 Å². The molecule has 1 saturated carbocycles. The SMILES string of the molecule is CCNC1(C(=O)O)CCCC1CCSCCO. The summed E-state index contributed by atoms with van der Waals surface area (Å²) in [6.07, 6.45) is 3.66. The van der Waals surface area contributed by atoms with Crippen molar-refractivity contribution in [1.82, 2.24) is 5.32 Å². The first-order valence-corrected chi connectivity index (χ1v) is 7.50. The number of aliphatic hydroxyl groups excluding tert-OH is 1. The predicted octanol–water partition coefficient (Wildman–Crippen LogP) is 1.33. The van der Waals surface area contributed by atoms with Crippen molar-refractivity contribution in [2.45, 2.75) is 38.1 Å². The zero-order valence-electron chi connectivity index (χ0n) is 10.4. The van der Waals surface area contributed by atoms with Crippen LogP contribution in [0.2, 0.25) is 0 Å². The van der Waals surface area contributed by atoms with Gasteiger partial charge in [0.25, 0.3) is 0 Å². The van der Waals surface area contributed by atoms with Crippen molar-refractivity contribution in [3.05, 3.63) is 0 Å². The zero-order valence-corrected chi connectivity index (χ0v) is 11.3. The van der Waals surface area contributed by atoms with Gasteiger partial charge >= 0.3 is 5.97 Å². The molecular formula is C12H23NO3S. The third-order valence-corrected chi connectivity index (χ3v) is 4.54. The Kier molecular flexibility index (Phi) is 6.30. The molecular weight excluding hydrogens is 238 g/mol. The Morgan fingerprint density at radius 3 is 2.88 bits per heavy atom. The van der Waals surface area contributed by atoms with Crippen molar-refractivity contribution in [3.63, 3.8) is 0 Å². The molecule has 3 N–H and O–H groups in total. The molecule has 0 heterocycles. The smallest absolute Gasteiger partial charge is 0.324 e. The van der Waals surface area contributed by atoms with Gasteiger partial charge in [0.2, 0.25) is 0 Å². The van der Waals surface area contributed by atoms with Gasteiger partial charge in [-0.25, -0.2) is 0 Å². The highest BCUT2D eigenvalue weighted by atomic mass is 32.2. The van der Waals surface area contributed by atoms with E-state index in [9.17, 15) is 9.90 Å². The number of aliphatic carboxylic acids is 1. The lowest BCUT2D eigenvalue weighted by Gasteiger charge is -2.32. The van der Waals surface area contributed by atoms with Crippen LogP contribution >= 0.6 is 11.8 Å². The lowest BCUT2D eigenvalue weighted by Crippen LogP contribution is -2.54. The minimum absolute atomic E-state index is 0.201. The van der Waals surface area contributed by atoms with E-state index in [2.05, 4.69) is 5.32 Å². The fourth-order valence-electron chi connectivity index (χ4n) is 2.77. The van der Waals surface area contributed by atoms with Gasteiger partial charge in [-0.1, -0.05) is 13.3 Å². The van der Waals surface area contributed by atoms with Crippen molar-refractivity contribution < 1.29 is 15.0 Å². The summed E-state index contributed by atoms with van der Waals surface area (Å²) in [5, 5.41) is 21.4. The summed E-state index contributed by atoms with van der Waals surface area (Å²) in [5.74, 6) is 1.21. The molecule has 0 aromatic carbocycles. The number of nitrogens with one attached hydrogen (secondary N) is 1. The van der Waals surface area contributed by atoms with E-state index in [0.29, 0.717) is 6.54 Å². The standard InChI is InChI=1S/C12H23NO3S/c1-2-13-12(11(15)16)6-3-4-10(12)5-8-17-9-7-14/h10,13-14H,2-9H2,1H3,(H,15,16). The molecule has 1 rings (SSSR count). The van der Waals surface area contributed by atoms with E-state index in [1.165, 1.54) is 0 Å². The lowest BCUT2D eigenvalue weighted by atomic mass is 9.85. The van der Waals surface area contributed by atoms with E-state index in [-0.39, 0.29) is 12.5 Å². The Morgan fingerprint density at radius 1 is 1.53 bits per heavy atom. The van der Waals surface area contributed by atoms with Gasteiger partial charge in [-0.05, 0) is 37.5 Å². The summed E-state index contributed by atoms with van der Waals surface area (Å²) in [6.45, 7) is 2.86. The summed E-state index contributed by atoms with van der Waals surface area (Å²) in [7, 11) is 0. The summed E-state index contributed by atoms with van der Waals surface area (Å²) in [6, 6.07) is 0. The average molecular weight is 261 g/mol. The highest BCUT2D eigenvalue weighted by Gasteiger charge is 2.47. The molecule has 0 radical (unpaired) electrons. The van der Waals surface area contributed by atoms with Crippen LogP contribution < -0.4 is 5.32 Å². The summed E-state index contributed by atoms with van der Waals surface area (Å²) >= 11 is 1.70. The van der Waals surface area contributed by atoms with Crippen LogP contribution in [0.5, 0.6) is 0 Å². The number of thioether (sulfide) groups is 1. The lowest BCUT2D eigenvalue weighted by molar-refractivity contribution is -0.146. The number of likely N-dealkylation sites (N-methyl/N-ethyl adjacent to an activating group) is 1.